The minimum absolute atomic E-state index is 0.208. The molecule has 0 aliphatic rings. The summed E-state index contributed by atoms with van der Waals surface area (Å²) in [6.45, 7) is 1.89. The van der Waals surface area contributed by atoms with Gasteiger partial charge in [0.15, 0.2) is 17.4 Å². The molecule has 0 atom stereocenters. The molecule has 1 heterocycles. The summed E-state index contributed by atoms with van der Waals surface area (Å²) in [7, 11) is 0. The molecule has 0 fully saturated rings. The zero-order valence-corrected chi connectivity index (χ0v) is 16.8. The number of nitrogens with zero attached hydrogens (tertiary/aromatic N) is 1. The van der Waals surface area contributed by atoms with Crippen LogP contribution in [-0.4, -0.2) is 4.99 Å². The van der Waals surface area contributed by atoms with E-state index in [-0.39, 0.29) is 5.76 Å². The molecular weight excluding hydrogens is 399 g/mol. The lowest BCUT2D eigenvalue weighted by atomic mass is 10.1. The Morgan fingerprint density at radius 3 is 2.30 bits per heavy atom. The average Bonchev–Trinajstić information content (AvgIpc) is 2.67. The normalized spacial score (nSPS) is 11.7. The summed E-state index contributed by atoms with van der Waals surface area (Å²) in [6.07, 6.45) is 3.56. The second kappa shape index (κ2) is 8.53. The summed E-state index contributed by atoms with van der Waals surface area (Å²) in [5, 5.41) is 17.5. The van der Waals surface area contributed by atoms with Crippen LogP contribution < -0.4 is 15.0 Å². The Kier molecular flexibility index (Phi) is 6.11. The number of hydrogen-bond acceptors (Lipinski definition) is 2. The first-order valence-corrected chi connectivity index (χ1v) is 9.34. The third-order valence-corrected chi connectivity index (χ3v) is 4.98. The average molecular weight is 415 g/mol. The van der Waals surface area contributed by atoms with E-state index >= 15 is 0 Å². The Labute approximate surface area is 173 Å². The minimum Gasteiger partial charge on any atom is -0.867 e. The Bertz CT molecular complexity index is 1000. The van der Waals surface area contributed by atoms with Gasteiger partial charge in [-0.1, -0.05) is 59.7 Å². The van der Waals surface area contributed by atoms with Gasteiger partial charge in [0.2, 0.25) is 5.70 Å². The number of rotatable bonds is 4. The zero-order valence-electron chi connectivity index (χ0n) is 14.4. The smallest absolute Gasteiger partial charge is 0.238 e. The number of aromatic nitrogens is 1. The predicted molar refractivity (Wildman–Crippen MR) is 114 cm³/mol. The van der Waals surface area contributed by atoms with E-state index in [9.17, 15) is 5.11 Å². The van der Waals surface area contributed by atoms with E-state index in [1.54, 1.807) is 47.3 Å². The summed E-state index contributed by atoms with van der Waals surface area (Å²) < 4.78 is 1.70. The van der Waals surface area contributed by atoms with Gasteiger partial charge in [-0.15, -0.1) is 0 Å². The van der Waals surface area contributed by atoms with E-state index in [4.69, 9.17) is 35.4 Å². The number of hydrogen-bond donors (Lipinski definition) is 1. The number of thiocarbonyl (C=S) groups is 1. The highest BCUT2D eigenvalue weighted by Gasteiger charge is 2.19. The molecular formula is C21H16Cl2N2OS. The van der Waals surface area contributed by atoms with Crippen molar-refractivity contribution in [2.75, 3.05) is 5.32 Å². The molecule has 27 heavy (non-hydrogen) atoms. The first-order chi connectivity index (χ1) is 13.0. The van der Waals surface area contributed by atoms with Crippen molar-refractivity contribution in [2.24, 2.45) is 0 Å². The number of halogens is 2. The Morgan fingerprint density at radius 1 is 0.963 bits per heavy atom. The monoisotopic (exact) mass is 414 g/mol. The lowest BCUT2D eigenvalue weighted by Crippen LogP contribution is -2.39. The van der Waals surface area contributed by atoms with Crippen LogP contribution in [-0.2, 0) is 0 Å². The van der Waals surface area contributed by atoms with Crippen LogP contribution in [0.2, 0.25) is 10.0 Å². The first kappa shape index (κ1) is 19.4. The van der Waals surface area contributed by atoms with Gasteiger partial charge in [-0.25, -0.2) is 0 Å². The van der Waals surface area contributed by atoms with Gasteiger partial charge in [-0.05, 0) is 48.1 Å². The van der Waals surface area contributed by atoms with Crippen molar-refractivity contribution in [2.45, 2.75) is 6.92 Å². The van der Waals surface area contributed by atoms with Crippen LogP contribution in [0.3, 0.4) is 0 Å². The molecule has 1 aromatic heterocycles. The molecule has 0 aliphatic heterocycles. The maximum Gasteiger partial charge on any atom is 0.238 e. The highest BCUT2D eigenvalue weighted by Crippen LogP contribution is 2.25. The van der Waals surface area contributed by atoms with E-state index < -0.39 is 0 Å². The summed E-state index contributed by atoms with van der Waals surface area (Å²) in [5.74, 6) is -0.208. The van der Waals surface area contributed by atoms with Crippen molar-refractivity contribution < 1.29 is 9.67 Å². The fourth-order valence-electron chi connectivity index (χ4n) is 2.55. The molecule has 0 unspecified atom stereocenters. The van der Waals surface area contributed by atoms with Crippen molar-refractivity contribution in [3.05, 3.63) is 94.2 Å². The second-order valence-corrected chi connectivity index (χ2v) is 7.09. The van der Waals surface area contributed by atoms with Crippen LogP contribution in [0.25, 0.3) is 11.5 Å². The van der Waals surface area contributed by atoms with Gasteiger partial charge >= 0.3 is 0 Å². The van der Waals surface area contributed by atoms with Gasteiger partial charge < -0.3 is 10.4 Å². The lowest BCUT2D eigenvalue weighted by Gasteiger charge is -2.18. The fraction of sp³-hybridized carbons (Fsp3) is 0.0476. The minimum atomic E-state index is -0.208. The van der Waals surface area contributed by atoms with Crippen LogP contribution in [0.5, 0.6) is 0 Å². The SMILES string of the molecule is Cc1c(Cl)cccc1NC(=S)/C(=C(\[O-])c1ccc(Cl)cc1)[n+]1ccccc1. The summed E-state index contributed by atoms with van der Waals surface area (Å²) in [5.41, 5.74) is 2.45. The molecule has 3 rings (SSSR count). The Morgan fingerprint density at radius 2 is 1.63 bits per heavy atom. The number of anilines is 1. The van der Waals surface area contributed by atoms with Crippen molar-refractivity contribution in [1.29, 1.82) is 0 Å². The zero-order chi connectivity index (χ0) is 19.4. The Balaban J connectivity index is 2.07. The predicted octanol–water partition coefficient (Wildman–Crippen LogP) is 4.71. The third kappa shape index (κ3) is 4.48. The van der Waals surface area contributed by atoms with Crippen LogP contribution >= 0.6 is 35.4 Å². The molecule has 0 radical (unpaired) electrons. The third-order valence-electron chi connectivity index (χ3n) is 4.03. The molecule has 0 saturated carbocycles. The van der Waals surface area contributed by atoms with Gasteiger partial charge in [0.1, 0.15) is 0 Å². The number of benzene rings is 2. The highest BCUT2D eigenvalue weighted by atomic mass is 35.5. The van der Waals surface area contributed by atoms with Crippen LogP contribution in [0.1, 0.15) is 11.1 Å². The largest absolute Gasteiger partial charge is 0.867 e. The second-order valence-electron chi connectivity index (χ2n) is 5.83. The van der Waals surface area contributed by atoms with Crippen molar-refractivity contribution in [1.82, 2.24) is 0 Å². The first-order valence-electron chi connectivity index (χ1n) is 8.17. The quantitative estimate of drug-likeness (QED) is 0.290. The van der Waals surface area contributed by atoms with Crippen molar-refractivity contribution in [3.8, 4) is 0 Å². The van der Waals surface area contributed by atoms with E-state index in [1.807, 2.05) is 37.3 Å². The van der Waals surface area contributed by atoms with E-state index in [0.717, 1.165) is 11.3 Å². The molecule has 2 aromatic carbocycles. The van der Waals surface area contributed by atoms with Gasteiger partial charge in [0.05, 0.1) is 0 Å². The van der Waals surface area contributed by atoms with E-state index in [1.165, 1.54) is 0 Å². The van der Waals surface area contributed by atoms with Crippen LogP contribution in [0.15, 0.2) is 73.1 Å². The summed E-state index contributed by atoms with van der Waals surface area (Å²) in [4.78, 5) is 0.302. The molecule has 1 N–H and O–H groups in total. The topological polar surface area (TPSA) is 39.0 Å². The molecule has 0 amide bonds. The number of nitrogens with one attached hydrogen (secondary N) is 1. The maximum absolute atomic E-state index is 13.2. The highest BCUT2D eigenvalue weighted by molar-refractivity contribution is 7.81. The fourth-order valence-corrected chi connectivity index (χ4v) is 3.16. The van der Waals surface area contributed by atoms with Crippen molar-refractivity contribution in [3.63, 3.8) is 0 Å². The molecule has 3 aromatic rings. The van der Waals surface area contributed by atoms with Crippen LogP contribution in [0.4, 0.5) is 5.69 Å². The summed E-state index contributed by atoms with van der Waals surface area (Å²) in [6, 6.07) is 17.8. The maximum atomic E-state index is 13.2. The van der Waals surface area contributed by atoms with Crippen LogP contribution in [0, 0.1) is 6.92 Å². The molecule has 0 bridgehead atoms. The number of pyridine rings is 1. The van der Waals surface area contributed by atoms with Gasteiger partial charge in [-0.2, -0.15) is 4.57 Å². The van der Waals surface area contributed by atoms with E-state index in [0.29, 0.717) is 26.3 Å². The molecule has 136 valence electrons. The lowest BCUT2D eigenvalue weighted by molar-refractivity contribution is -0.577. The standard InChI is InChI=1S/C21H16Cl2N2OS/c1-14-17(23)6-5-7-18(14)24-21(27)19(25-12-3-2-4-13-25)20(26)15-8-10-16(22)11-9-15/h2-13H,1H3,(H-,24,26,27). The van der Waals surface area contributed by atoms with Gasteiger partial charge in [-0.3, -0.25) is 0 Å². The molecule has 0 saturated heterocycles. The summed E-state index contributed by atoms with van der Waals surface area (Å²) >= 11 is 17.7. The van der Waals surface area contributed by atoms with Gasteiger partial charge in [0, 0.05) is 27.9 Å². The van der Waals surface area contributed by atoms with E-state index in [2.05, 4.69) is 5.32 Å². The van der Waals surface area contributed by atoms with Gasteiger partial charge in [0.25, 0.3) is 0 Å². The molecule has 0 spiro atoms. The molecule has 0 aliphatic carbocycles. The molecule has 6 heteroatoms. The Hall–Kier alpha value is -2.40. The van der Waals surface area contributed by atoms with Crippen molar-refractivity contribution >= 4 is 57.6 Å². The molecule has 3 nitrogen and oxygen atoms in total.